The molecular formula is C17H22N4S. The molecule has 0 saturated carbocycles. The van der Waals surface area contributed by atoms with Gasteiger partial charge in [0.25, 0.3) is 0 Å². The van der Waals surface area contributed by atoms with E-state index in [9.17, 15) is 0 Å². The summed E-state index contributed by atoms with van der Waals surface area (Å²) in [6, 6.07) is 10.5. The van der Waals surface area contributed by atoms with Crippen LogP contribution in [-0.2, 0) is 7.05 Å². The van der Waals surface area contributed by atoms with Crippen LogP contribution in [0.3, 0.4) is 0 Å². The average molecular weight is 314 g/mol. The van der Waals surface area contributed by atoms with Gasteiger partial charge in [-0.1, -0.05) is 19.9 Å². The highest BCUT2D eigenvalue weighted by molar-refractivity contribution is 7.80. The lowest BCUT2D eigenvalue weighted by Gasteiger charge is -2.29. The van der Waals surface area contributed by atoms with Crippen LogP contribution < -0.4 is 5.32 Å². The van der Waals surface area contributed by atoms with Gasteiger partial charge in [-0.2, -0.15) is 0 Å². The van der Waals surface area contributed by atoms with Crippen LogP contribution in [0.2, 0.25) is 0 Å². The highest BCUT2D eigenvalue weighted by Gasteiger charge is 2.40. The Kier molecular flexibility index (Phi) is 4.16. The standard InChI is InChI=1S/C17H22N4S/c1-12(2)11-21-16(14-8-6-10-20(14)3)15(19-17(21)22)13-7-4-5-9-18-13/h4-10,12,15-16H,11H2,1-3H3,(H,19,22)/t15-,16+/m1/s1. The molecule has 0 unspecified atom stereocenters. The maximum Gasteiger partial charge on any atom is 0.170 e. The summed E-state index contributed by atoms with van der Waals surface area (Å²) >= 11 is 5.61. The van der Waals surface area contributed by atoms with E-state index >= 15 is 0 Å². The van der Waals surface area contributed by atoms with Gasteiger partial charge in [-0.3, -0.25) is 4.98 Å². The van der Waals surface area contributed by atoms with E-state index < -0.39 is 0 Å². The predicted molar refractivity (Wildman–Crippen MR) is 92.4 cm³/mol. The number of hydrogen-bond donors (Lipinski definition) is 1. The summed E-state index contributed by atoms with van der Waals surface area (Å²) in [6.07, 6.45) is 3.92. The Morgan fingerprint density at radius 2 is 2.09 bits per heavy atom. The Morgan fingerprint density at radius 3 is 2.68 bits per heavy atom. The van der Waals surface area contributed by atoms with Gasteiger partial charge in [-0.05, 0) is 42.4 Å². The van der Waals surface area contributed by atoms with Gasteiger partial charge in [0.2, 0.25) is 0 Å². The predicted octanol–water partition coefficient (Wildman–Crippen LogP) is 3.05. The molecule has 0 radical (unpaired) electrons. The number of aromatic nitrogens is 2. The molecule has 116 valence electrons. The van der Waals surface area contributed by atoms with Gasteiger partial charge in [0.1, 0.15) is 0 Å². The average Bonchev–Trinajstić information content (AvgIpc) is 3.04. The minimum atomic E-state index is 0.0843. The summed E-state index contributed by atoms with van der Waals surface area (Å²) in [6.45, 7) is 5.38. The fourth-order valence-electron chi connectivity index (χ4n) is 3.10. The molecule has 3 heterocycles. The molecule has 0 spiro atoms. The van der Waals surface area contributed by atoms with Crippen LogP contribution in [0.15, 0.2) is 42.7 Å². The molecule has 3 rings (SSSR count). The van der Waals surface area contributed by atoms with Crippen LogP contribution in [0.1, 0.15) is 37.3 Å². The molecule has 1 N–H and O–H groups in total. The van der Waals surface area contributed by atoms with Crippen molar-refractivity contribution in [1.29, 1.82) is 0 Å². The molecule has 22 heavy (non-hydrogen) atoms. The molecule has 5 heteroatoms. The van der Waals surface area contributed by atoms with E-state index in [1.807, 2.05) is 18.3 Å². The Bertz CT molecular complexity index is 650. The summed E-state index contributed by atoms with van der Waals surface area (Å²) in [4.78, 5) is 6.84. The van der Waals surface area contributed by atoms with E-state index in [2.05, 4.69) is 65.1 Å². The summed E-state index contributed by atoms with van der Waals surface area (Å²) in [5.41, 5.74) is 2.28. The second-order valence-corrected chi connectivity index (χ2v) is 6.60. The smallest absolute Gasteiger partial charge is 0.170 e. The van der Waals surface area contributed by atoms with E-state index in [-0.39, 0.29) is 12.1 Å². The fraction of sp³-hybridized carbons (Fsp3) is 0.412. The van der Waals surface area contributed by atoms with Crippen LogP contribution in [0.25, 0.3) is 0 Å². The van der Waals surface area contributed by atoms with Crippen molar-refractivity contribution < 1.29 is 0 Å². The minimum absolute atomic E-state index is 0.0843. The molecule has 0 aromatic carbocycles. The van der Waals surface area contributed by atoms with Crippen molar-refractivity contribution in [2.75, 3.05) is 6.54 Å². The van der Waals surface area contributed by atoms with E-state index in [0.29, 0.717) is 5.92 Å². The normalized spacial score (nSPS) is 21.5. The minimum Gasteiger partial charge on any atom is -0.353 e. The first-order valence-electron chi connectivity index (χ1n) is 7.67. The number of nitrogens with zero attached hydrogens (tertiary/aromatic N) is 3. The van der Waals surface area contributed by atoms with Gasteiger partial charge in [0.05, 0.1) is 17.8 Å². The molecular weight excluding hydrogens is 292 g/mol. The van der Waals surface area contributed by atoms with Gasteiger partial charge < -0.3 is 14.8 Å². The third-order valence-corrected chi connectivity index (χ3v) is 4.40. The van der Waals surface area contributed by atoms with Crippen molar-refractivity contribution in [3.8, 4) is 0 Å². The second kappa shape index (κ2) is 6.08. The Morgan fingerprint density at radius 1 is 1.27 bits per heavy atom. The monoisotopic (exact) mass is 314 g/mol. The van der Waals surface area contributed by atoms with Crippen LogP contribution in [0, 0.1) is 5.92 Å². The summed E-state index contributed by atoms with van der Waals surface area (Å²) in [7, 11) is 2.08. The van der Waals surface area contributed by atoms with Gasteiger partial charge >= 0.3 is 0 Å². The largest absolute Gasteiger partial charge is 0.353 e. The van der Waals surface area contributed by atoms with Crippen molar-refractivity contribution in [3.05, 3.63) is 54.1 Å². The van der Waals surface area contributed by atoms with Gasteiger partial charge in [-0.15, -0.1) is 0 Å². The third kappa shape index (κ3) is 2.73. The Hall–Kier alpha value is -1.88. The second-order valence-electron chi connectivity index (χ2n) is 6.22. The molecule has 1 fully saturated rings. The molecule has 2 aromatic rings. The first-order chi connectivity index (χ1) is 10.6. The highest BCUT2D eigenvalue weighted by Crippen LogP contribution is 2.38. The van der Waals surface area contributed by atoms with E-state index in [0.717, 1.165) is 17.4 Å². The van der Waals surface area contributed by atoms with Crippen molar-refractivity contribution >= 4 is 17.3 Å². The summed E-state index contributed by atoms with van der Waals surface area (Å²) in [5.74, 6) is 0.546. The quantitative estimate of drug-likeness (QED) is 0.879. The van der Waals surface area contributed by atoms with Crippen molar-refractivity contribution in [1.82, 2.24) is 19.8 Å². The number of hydrogen-bond acceptors (Lipinski definition) is 2. The zero-order valence-corrected chi connectivity index (χ0v) is 14.0. The van der Waals surface area contributed by atoms with Crippen LogP contribution in [0.5, 0.6) is 0 Å². The van der Waals surface area contributed by atoms with Crippen molar-refractivity contribution in [2.24, 2.45) is 13.0 Å². The summed E-state index contributed by atoms with van der Waals surface area (Å²) < 4.78 is 2.17. The zero-order valence-electron chi connectivity index (χ0n) is 13.2. The molecule has 4 nitrogen and oxygen atoms in total. The maximum absolute atomic E-state index is 5.61. The molecule has 1 aliphatic heterocycles. The van der Waals surface area contributed by atoms with Crippen molar-refractivity contribution in [2.45, 2.75) is 25.9 Å². The lowest BCUT2D eigenvalue weighted by Crippen LogP contribution is -2.33. The number of aryl methyl sites for hydroxylation is 1. The van der Waals surface area contributed by atoms with Crippen LogP contribution in [0.4, 0.5) is 0 Å². The van der Waals surface area contributed by atoms with Gasteiger partial charge in [0.15, 0.2) is 5.11 Å². The number of thiocarbonyl (C=S) groups is 1. The first kappa shape index (κ1) is 15.0. The van der Waals surface area contributed by atoms with Crippen LogP contribution >= 0.6 is 12.2 Å². The molecule has 0 bridgehead atoms. The molecule has 0 amide bonds. The SMILES string of the molecule is CC(C)CN1C(=S)N[C@H](c2ccccn2)[C@@H]1c1cccn1C. The number of nitrogens with one attached hydrogen (secondary N) is 1. The van der Waals surface area contributed by atoms with Crippen molar-refractivity contribution in [3.63, 3.8) is 0 Å². The van der Waals surface area contributed by atoms with E-state index in [1.165, 1.54) is 5.69 Å². The lowest BCUT2D eigenvalue weighted by atomic mass is 10.0. The highest BCUT2D eigenvalue weighted by atomic mass is 32.1. The molecule has 0 aliphatic carbocycles. The first-order valence-corrected chi connectivity index (χ1v) is 8.08. The van der Waals surface area contributed by atoms with Crippen LogP contribution in [-0.4, -0.2) is 26.1 Å². The molecule has 2 aromatic heterocycles. The third-order valence-electron chi connectivity index (χ3n) is 4.05. The Labute approximate surface area is 137 Å². The molecule has 2 atom stereocenters. The van der Waals surface area contributed by atoms with Gasteiger partial charge in [0, 0.05) is 31.7 Å². The lowest BCUT2D eigenvalue weighted by molar-refractivity contribution is 0.278. The van der Waals surface area contributed by atoms with E-state index in [1.54, 1.807) is 0 Å². The topological polar surface area (TPSA) is 33.1 Å². The summed E-state index contributed by atoms with van der Waals surface area (Å²) in [5, 5.41) is 4.29. The molecule has 1 aliphatic rings. The number of pyridine rings is 1. The maximum atomic E-state index is 5.61. The van der Waals surface area contributed by atoms with E-state index in [4.69, 9.17) is 12.2 Å². The Balaban J connectivity index is 2.02. The zero-order chi connectivity index (χ0) is 15.7. The fourth-order valence-corrected chi connectivity index (χ4v) is 3.41. The van der Waals surface area contributed by atoms with Gasteiger partial charge in [-0.25, -0.2) is 0 Å². The molecule has 1 saturated heterocycles. The number of rotatable bonds is 4.